The van der Waals surface area contributed by atoms with Gasteiger partial charge in [-0.25, -0.2) is 0 Å². The average Bonchev–Trinajstić information content (AvgIpc) is 2.38. The summed E-state index contributed by atoms with van der Waals surface area (Å²) in [6.07, 6.45) is 1.03. The lowest BCUT2D eigenvalue weighted by Crippen LogP contribution is -2.30. The van der Waals surface area contributed by atoms with Crippen molar-refractivity contribution in [3.63, 3.8) is 0 Å². The molecule has 2 N–H and O–H groups in total. The Labute approximate surface area is 115 Å². The second kappa shape index (κ2) is 6.13. The first-order valence-corrected chi connectivity index (χ1v) is 6.87. The maximum absolute atomic E-state index is 5.64. The van der Waals surface area contributed by atoms with Gasteiger partial charge in [-0.05, 0) is 51.6 Å². The van der Waals surface area contributed by atoms with E-state index in [-0.39, 0.29) is 0 Å². The Morgan fingerprint density at radius 3 is 2.79 bits per heavy atom. The summed E-state index contributed by atoms with van der Waals surface area (Å²) < 4.78 is 0. The summed E-state index contributed by atoms with van der Waals surface area (Å²) in [4.78, 5) is 6.94. The van der Waals surface area contributed by atoms with Gasteiger partial charge in [-0.15, -0.1) is 0 Å². The third kappa shape index (κ3) is 3.31. The van der Waals surface area contributed by atoms with Crippen LogP contribution in [-0.2, 0) is 6.54 Å². The number of pyridine rings is 1. The number of fused-ring (bicyclic) bond motifs is 1. The molecule has 0 amide bonds. The molecule has 0 bridgehead atoms. The molecular weight excluding hydrogens is 234 g/mol. The Balaban J connectivity index is 2.29. The van der Waals surface area contributed by atoms with Crippen molar-refractivity contribution in [2.45, 2.75) is 32.9 Å². The highest BCUT2D eigenvalue weighted by atomic mass is 15.1. The number of nitrogens with zero attached hydrogens (tertiary/aromatic N) is 2. The second-order valence-corrected chi connectivity index (χ2v) is 5.28. The van der Waals surface area contributed by atoms with Crippen molar-refractivity contribution in [3.8, 4) is 0 Å². The molecule has 102 valence electrons. The Morgan fingerprint density at radius 1 is 1.32 bits per heavy atom. The van der Waals surface area contributed by atoms with Gasteiger partial charge in [0.1, 0.15) is 0 Å². The first-order valence-electron chi connectivity index (χ1n) is 6.87. The van der Waals surface area contributed by atoms with Crippen LogP contribution in [0.2, 0.25) is 0 Å². The van der Waals surface area contributed by atoms with E-state index in [1.165, 1.54) is 10.9 Å². The van der Waals surface area contributed by atoms with Crippen molar-refractivity contribution in [2.75, 3.05) is 13.6 Å². The number of aryl methyl sites for hydroxylation is 1. The van der Waals surface area contributed by atoms with Crippen LogP contribution in [0.5, 0.6) is 0 Å². The van der Waals surface area contributed by atoms with Crippen molar-refractivity contribution >= 4 is 10.9 Å². The standard InChI is InChI=1S/C16H23N3/c1-12-10-14(11-19(3)13(2)8-9-17)15-6-4-5-7-16(15)18-12/h4-7,10,13H,8-9,11,17H2,1-3H3. The highest BCUT2D eigenvalue weighted by Crippen LogP contribution is 2.20. The number of hydrogen-bond acceptors (Lipinski definition) is 3. The Bertz CT molecular complexity index is 551. The number of hydrogen-bond donors (Lipinski definition) is 1. The van der Waals surface area contributed by atoms with E-state index >= 15 is 0 Å². The van der Waals surface area contributed by atoms with Gasteiger partial charge in [-0.3, -0.25) is 9.88 Å². The van der Waals surface area contributed by atoms with Crippen LogP contribution in [0.25, 0.3) is 10.9 Å². The van der Waals surface area contributed by atoms with E-state index in [0.717, 1.165) is 30.7 Å². The van der Waals surface area contributed by atoms with Crippen LogP contribution in [0.3, 0.4) is 0 Å². The molecule has 0 spiro atoms. The molecule has 3 heteroatoms. The van der Waals surface area contributed by atoms with E-state index in [4.69, 9.17) is 5.73 Å². The molecule has 0 aliphatic rings. The van der Waals surface area contributed by atoms with Gasteiger partial charge >= 0.3 is 0 Å². The number of benzene rings is 1. The normalized spacial score (nSPS) is 13.1. The fraction of sp³-hybridized carbons (Fsp3) is 0.438. The molecule has 1 aromatic heterocycles. The largest absolute Gasteiger partial charge is 0.330 e. The molecule has 0 radical (unpaired) electrons. The van der Waals surface area contributed by atoms with Gasteiger partial charge in [-0.2, -0.15) is 0 Å². The lowest BCUT2D eigenvalue weighted by molar-refractivity contribution is 0.241. The molecular formula is C16H23N3. The van der Waals surface area contributed by atoms with Gasteiger partial charge in [0.05, 0.1) is 5.52 Å². The molecule has 0 saturated carbocycles. The predicted molar refractivity (Wildman–Crippen MR) is 81.1 cm³/mol. The molecule has 0 fully saturated rings. The number of rotatable bonds is 5. The van der Waals surface area contributed by atoms with Gasteiger partial charge in [0.15, 0.2) is 0 Å². The fourth-order valence-corrected chi connectivity index (χ4v) is 2.41. The highest BCUT2D eigenvalue weighted by molar-refractivity contribution is 5.82. The number of aromatic nitrogens is 1. The summed E-state index contributed by atoms with van der Waals surface area (Å²) in [7, 11) is 2.16. The number of para-hydroxylation sites is 1. The van der Waals surface area contributed by atoms with Gasteiger partial charge in [0.25, 0.3) is 0 Å². The Kier molecular flexibility index (Phi) is 4.51. The Morgan fingerprint density at radius 2 is 2.05 bits per heavy atom. The number of nitrogens with two attached hydrogens (primary N) is 1. The van der Waals surface area contributed by atoms with E-state index < -0.39 is 0 Å². The van der Waals surface area contributed by atoms with Gasteiger partial charge in [0.2, 0.25) is 0 Å². The minimum Gasteiger partial charge on any atom is -0.330 e. The summed E-state index contributed by atoms with van der Waals surface area (Å²) in [5.74, 6) is 0. The van der Waals surface area contributed by atoms with Crippen LogP contribution in [0.1, 0.15) is 24.6 Å². The smallest absolute Gasteiger partial charge is 0.0708 e. The maximum Gasteiger partial charge on any atom is 0.0708 e. The monoisotopic (exact) mass is 257 g/mol. The van der Waals surface area contributed by atoms with Crippen molar-refractivity contribution in [1.29, 1.82) is 0 Å². The molecule has 1 heterocycles. The second-order valence-electron chi connectivity index (χ2n) is 5.28. The van der Waals surface area contributed by atoms with E-state index in [1.54, 1.807) is 0 Å². The highest BCUT2D eigenvalue weighted by Gasteiger charge is 2.11. The molecule has 1 aromatic carbocycles. The maximum atomic E-state index is 5.64. The molecule has 1 unspecified atom stereocenters. The van der Waals surface area contributed by atoms with Crippen LogP contribution < -0.4 is 5.73 Å². The molecule has 0 saturated heterocycles. The molecule has 1 atom stereocenters. The summed E-state index contributed by atoms with van der Waals surface area (Å²) in [6, 6.07) is 11.0. The average molecular weight is 257 g/mol. The van der Waals surface area contributed by atoms with Crippen LogP contribution >= 0.6 is 0 Å². The minimum absolute atomic E-state index is 0.497. The summed E-state index contributed by atoms with van der Waals surface area (Å²) >= 11 is 0. The molecule has 2 aromatic rings. The molecule has 3 nitrogen and oxygen atoms in total. The third-order valence-electron chi connectivity index (χ3n) is 3.69. The predicted octanol–water partition coefficient (Wildman–Crippen LogP) is 2.71. The van der Waals surface area contributed by atoms with Crippen LogP contribution in [-0.4, -0.2) is 29.5 Å². The summed E-state index contributed by atoms with van der Waals surface area (Å²) in [6.45, 7) is 5.95. The minimum atomic E-state index is 0.497. The van der Waals surface area contributed by atoms with E-state index in [2.05, 4.69) is 55.0 Å². The SMILES string of the molecule is Cc1cc(CN(C)C(C)CCN)c2ccccc2n1. The van der Waals surface area contributed by atoms with Gasteiger partial charge < -0.3 is 5.73 Å². The lowest BCUT2D eigenvalue weighted by atomic mass is 10.1. The summed E-state index contributed by atoms with van der Waals surface area (Å²) in [5.41, 5.74) is 9.14. The van der Waals surface area contributed by atoms with Crippen LogP contribution in [0, 0.1) is 6.92 Å². The molecule has 19 heavy (non-hydrogen) atoms. The van der Waals surface area contributed by atoms with E-state index in [9.17, 15) is 0 Å². The van der Waals surface area contributed by atoms with Crippen LogP contribution in [0.15, 0.2) is 30.3 Å². The van der Waals surface area contributed by atoms with Gasteiger partial charge in [-0.1, -0.05) is 18.2 Å². The Hall–Kier alpha value is -1.45. The van der Waals surface area contributed by atoms with E-state index in [1.807, 2.05) is 6.07 Å². The molecule has 2 rings (SSSR count). The fourth-order valence-electron chi connectivity index (χ4n) is 2.41. The van der Waals surface area contributed by atoms with E-state index in [0.29, 0.717) is 6.04 Å². The lowest BCUT2D eigenvalue weighted by Gasteiger charge is -2.25. The summed E-state index contributed by atoms with van der Waals surface area (Å²) in [5, 5.41) is 1.25. The van der Waals surface area contributed by atoms with Crippen molar-refractivity contribution < 1.29 is 0 Å². The topological polar surface area (TPSA) is 42.1 Å². The van der Waals surface area contributed by atoms with Crippen LogP contribution in [0.4, 0.5) is 0 Å². The third-order valence-corrected chi connectivity index (χ3v) is 3.69. The zero-order valence-electron chi connectivity index (χ0n) is 12.1. The zero-order valence-corrected chi connectivity index (χ0v) is 12.1. The first kappa shape index (κ1) is 14.0. The van der Waals surface area contributed by atoms with Gasteiger partial charge in [0, 0.05) is 23.7 Å². The quantitative estimate of drug-likeness (QED) is 0.895. The zero-order chi connectivity index (χ0) is 13.8. The van der Waals surface area contributed by atoms with Crippen molar-refractivity contribution in [3.05, 3.63) is 41.6 Å². The van der Waals surface area contributed by atoms with Crippen molar-refractivity contribution in [2.24, 2.45) is 5.73 Å². The molecule has 0 aliphatic heterocycles. The van der Waals surface area contributed by atoms with Crippen molar-refractivity contribution in [1.82, 2.24) is 9.88 Å². The molecule has 0 aliphatic carbocycles. The first-order chi connectivity index (χ1) is 9.11.